The summed E-state index contributed by atoms with van der Waals surface area (Å²) < 4.78 is 11.8. The summed E-state index contributed by atoms with van der Waals surface area (Å²) >= 11 is 3.12. The predicted octanol–water partition coefficient (Wildman–Crippen LogP) is 7.41. The average Bonchev–Trinajstić information content (AvgIpc) is 3.39. The summed E-state index contributed by atoms with van der Waals surface area (Å²) in [6, 6.07) is 19.7. The first-order valence-electron chi connectivity index (χ1n) is 9.98. The molecule has 32 heavy (non-hydrogen) atoms. The van der Waals surface area contributed by atoms with Gasteiger partial charge in [-0.2, -0.15) is 30.3 Å². The van der Waals surface area contributed by atoms with E-state index in [1.165, 1.54) is 5.56 Å². The van der Waals surface area contributed by atoms with Gasteiger partial charge in [-0.05, 0) is 19.3 Å². The van der Waals surface area contributed by atoms with Crippen LogP contribution in [0.4, 0.5) is 0 Å². The van der Waals surface area contributed by atoms with Crippen LogP contribution in [0.1, 0.15) is 50.2 Å². The first-order chi connectivity index (χ1) is 14.7. The molecule has 4 aromatic rings. The Bertz CT molecular complexity index is 1160. The monoisotopic (exact) mass is 643 g/mol. The zero-order chi connectivity index (χ0) is 22.1. The van der Waals surface area contributed by atoms with Crippen molar-refractivity contribution in [3.8, 4) is 23.3 Å². The minimum Gasteiger partial charge on any atom is -0.465 e. The summed E-state index contributed by atoms with van der Waals surface area (Å²) in [5.74, 6) is 2.46. The van der Waals surface area contributed by atoms with Gasteiger partial charge >= 0.3 is 21.1 Å². The van der Waals surface area contributed by atoms with E-state index in [-0.39, 0.29) is 31.9 Å². The minimum atomic E-state index is -0.365. The second kappa shape index (κ2) is 9.86. The maximum absolute atomic E-state index is 6.01. The van der Waals surface area contributed by atoms with Crippen molar-refractivity contribution in [2.24, 2.45) is 0 Å². The van der Waals surface area contributed by atoms with Gasteiger partial charge in [0.1, 0.15) is 10.0 Å². The van der Waals surface area contributed by atoms with Crippen LogP contribution in [0.25, 0.3) is 0 Å². The summed E-state index contributed by atoms with van der Waals surface area (Å²) in [5.41, 5.74) is 0.878. The van der Waals surface area contributed by atoms with Crippen LogP contribution in [-0.2, 0) is 31.9 Å². The van der Waals surface area contributed by atoms with Crippen molar-refractivity contribution in [1.29, 1.82) is 0 Å². The van der Waals surface area contributed by atoms with Crippen LogP contribution in [0.2, 0.25) is 0 Å². The fourth-order valence-corrected chi connectivity index (χ4v) is 4.67. The molecule has 2 aromatic heterocycles. The Hall–Kier alpha value is -2.01. The maximum Gasteiger partial charge on any atom is 2.00 e. The third kappa shape index (κ3) is 5.66. The van der Waals surface area contributed by atoms with E-state index in [0.29, 0.717) is 23.3 Å². The number of para-hydroxylation sites is 1. The largest absolute Gasteiger partial charge is 2.00 e. The van der Waals surface area contributed by atoms with Gasteiger partial charge in [-0.3, -0.25) is 0 Å². The summed E-state index contributed by atoms with van der Waals surface area (Å²) in [4.78, 5) is 9.42. The summed E-state index contributed by atoms with van der Waals surface area (Å²) in [6.45, 7) is 10.8. The number of hydrogen-bond acceptors (Lipinski definition) is 6. The molecule has 168 valence electrons. The molecule has 0 saturated heterocycles. The second-order valence-corrected chi connectivity index (χ2v) is 10.4. The first-order valence-corrected chi connectivity index (χ1v) is 11.7. The molecule has 0 unspecified atom stereocenters. The summed E-state index contributed by atoms with van der Waals surface area (Å²) in [5, 5.41) is 5.71. The molecule has 0 amide bonds. The SMILES string of the molecule is CC(C)(C)c1cc[c-]c(Oc2csc(C(C)(C)c3nc(Oc4[c-]cccc4)cs3)n2)c1.[Pt+2]. The Labute approximate surface area is 211 Å². The van der Waals surface area contributed by atoms with Crippen LogP contribution in [0.5, 0.6) is 23.3 Å². The molecule has 2 aromatic carbocycles. The van der Waals surface area contributed by atoms with Crippen molar-refractivity contribution in [3.05, 3.63) is 80.9 Å². The molecular weight excluding hydrogens is 619 g/mol. The molecule has 4 rings (SSSR count). The average molecular weight is 644 g/mol. The molecule has 0 atom stereocenters. The molecule has 0 bridgehead atoms. The van der Waals surface area contributed by atoms with E-state index in [2.05, 4.69) is 57.8 Å². The minimum absolute atomic E-state index is 0. The molecule has 0 N–H and O–H groups in total. The van der Waals surface area contributed by atoms with Crippen molar-refractivity contribution in [1.82, 2.24) is 9.97 Å². The van der Waals surface area contributed by atoms with E-state index in [1.807, 2.05) is 47.2 Å². The van der Waals surface area contributed by atoms with Gasteiger partial charge in [-0.1, -0.05) is 20.8 Å². The zero-order valence-electron chi connectivity index (χ0n) is 18.5. The van der Waals surface area contributed by atoms with E-state index >= 15 is 0 Å². The number of thiazole rings is 2. The van der Waals surface area contributed by atoms with Crippen molar-refractivity contribution >= 4 is 22.7 Å². The van der Waals surface area contributed by atoms with Crippen LogP contribution in [-0.4, -0.2) is 9.97 Å². The number of nitrogens with zero attached hydrogens (tertiary/aromatic N) is 2. The molecule has 0 aliphatic carbocycles. The Kier molecular flexibility index (Phi) is 7.59. The van der Waals surface area contributed by atoms with Crippen molar-refractivity contribution in [2.75, 3.05) is 0 Å². The molecular formula is C25H24N2O2PtS2. The molecule has 0 spiro atoms. The smallest absolute Gasteiger partial charge is 0.465 e. The molecule has 0 aliphatic rings. The van der Waals surface area contributed by atoms with Crippen molar-refractivity contribution < 1.29 is 30.5 Å². The Balaban J connectivity index is 0.00000289. The topological polar surface area (TPSA) is 44.2 Å². The zero-order valence-corrected chi connectivity index (χ0v) is 22.4. The fraction of sp³-hybridized carbons (Fsp3) is 0.280. The molecule has 0 radical (unpaired) electrons. The van der Waals surface area contributed by atoms with Gasteiger partial charge in [0, 0.05) is 11.5 Å². The summed E-state index contributed by atoms with van der Waals surface area (Å²) in [6.07, 6.45) is 0. The van der Waals surface area contributed by atoms with Gasteiger partial charge in [0.25, 0.3) is 0 Å². The number of hydrogen-bond donors (Lipinski definition) is 0. The third-order valence-electron chi connectivity index (χ3n) is 4.79. The Morgan fingerprint density at radius 2 is 1.38 bits per heavy atom. The van der Waals surface area contributed by atoms with E-state index < -0.39 is 0 Å². The van der Waals surface area contributed by atoms with E-state index in [1.54, 1.807) is 22.7 Å². The second-order valence-electron chi connectivity index (χ2n) is 8.73. The van der Waals surface area contributed by atoms with Gasteiger partial charge in [0.15, 0.2) is 0 Å². The standard InChI is InChI=1S/C25H24N2O2S2.Pt/c1-24(2,3)17-10-9-13-19(14-17)29-21-16-31-23(27-21)25(4,5)22-26-20(15-30-22)28-18-11-7-6-8-12-18;/h6-11,14-16H,1-5H3;/q-2;+2. The quantitative estimate of drug-likeness (QED) is 0.206. The number of rotatable bonds is 6. The van der Waals surface area contributed by atoms with Gasteiger partial charge in [0.2, 0.25) is 11.8 Å². The van der Waals surface area contributed by atoms with Crippen LogP contribution >= 0.6 is 22.7 Å². The van der Waals surface area contributed by atoms with E-state index in [4.69, 9.17) is 14.5 Å². The third-order valence-corrected chi connectivity index (χ3v) is 7.07. The van der Waals surface area contributed by atoms with Crippen LogP contribution in [0.15, 0.2) is 53.2 Å². The van der Waals surface area contributed by atoms with Crippen LogP contribution < -0.4 is 9.47 Å². The maximum atomic E-state index is 6.01. The van der Waals surface area contributed by atoms with Crippen molar-refractivity contribution in [3.63, 3.8) is 0 Å². The van der Waals surface area contributed by atoms with Gasteiger partial charge in [-0.15, -0.1) is 52.5 Å². The van der Waals surface area contributed by atoms with E-state index in [9.17, 15) is 0 Å². The molecule has 0 aliphatic heterocycles. The Morgan fingerprint density at radius 1 is 0.781 bits per heavy atom. The number of ether oxygens (including phenoxy) is 2. The van der Waals surface area contributed by atoms with Crippen molar-refractivity contribution in [2.45, 2.75) is 45.4 Å². The Morgan fingerprint density at radius 3 is 1.94 bits per heavy atom. The van der Waals surface area contributed by atoms with E-state index in [0.717, 1.165) is 10.0 Å². The molecule has 2 heterocycles. The molecule has 4 nitrogen and oxygen atoms in total. The van der Waals surface area contributed by atoms with Gasteiger partial charge in [-0.25, -0.2) is 9.97 Å². The summed E-state index contributed by atoms with van der Waals surface area (Å²) in [7, 11) is 0. The molecule has 0 saturated carbocycles. The van der Waals surface area contributed by atoms with Gasteiger partial charge in [0.05, 0.1) is 16.2 Å². The number of benzene rings is 2. The van der Waals surface area contributed by atoms with Crippen LogP contribution in [0, 0.1) is 12.1 Å². The molecule has 7 heteroatoms. The molecule has 0 fully saturated rings. The van der Waals surface area contributed by atoms with Crippen LogP contribution in [0.3, 0.4) is 0 Å². The normalized spacial score (nSPS) is 11.7. The fourth-order valence-electron chi connectivity index (χ4n) is 2.91. The van der Waals surface area contributed by atoms with Gasteiger partial charge < -0.3 is 9.47 Å². The first kappa shape index (κ1) is 24.6. The predicted molar refractivity (Wildman–Crippen MR) is 126 cm³/mol. The number of aromatic nitrogens is 2.